The van der Waals surface area contributed by atoms with E-state index in [4.69, 9.17) is 4.74 Å². The predicted molar refractivity (Wildman–Crippen MR) is 128 cm³/mol. The van der Waals surface area contributed by atoms with Gasteiger partial charge in [0.1, 0.15) is 17.6 Å². The lowest BCUT2D eigenvalue weighted by atomic mass is 10.2. The summed E-state index contributed by atoms with van der Waals surface area (Å²) in [7, 11) is 1.68. The van der Waals surface area contributed by atoms with Crippen LogP contribution in [0.4, 0.5) is 11.5 Å². The molecule has 1 N–H and O–H groups in total. The number of piperazine rings is 1. The van der Waals surface area contributed by atoms with Gasteiger partial charge >= 0.3 is 0 Å². The van der Waals surface area contributed by atoms with Crippen molar-refractivity contribution in [2.45, 2.75) is 39.3 Å². The van der Waals surface area contributed by atoms with Crippen LogP contribution in [-0.2, 0) is 16.1 Å². The normalized spacial score (nSPS) is 17.6. The zero-order chi connectivity index (χ0) is 23.4. The van der Waals surface area contributed by atoms with Crippen molar-refractivity contribution in [1.29, 1.82) is 0 Å². The first kappa shape index (κ1) is 23.1. The highest BCUT2D eigenvalue weighted by molar-refractivity contribution is 6.00. The first-order chi connectivity index (χ1) is 16.0. The number of benzene rings is 1. The summed E-state index contributed by atoms with van der Waals surface area (Å²) >= 11 is 0. The molecule has 3 heterocycles. The number of methoxy groups -OCH3 is 1. The first-order valence-electron chi connectivity index (χ1n) is 11.7. The standard InChI is InChI=1S/C24H34N6O3/c1-18-17-22-29(26-18)12-9-23(31)30(22)19(2)24(32)25-10-4-11-27-13-15-28(16-14-27)20-5-7-21(33-3)8-6-20/h5-8,17,19H,4,9-16H2,1-3H3,(H,25,32)/t19-/m1/s1. The SMILES string of the molecule is COc1ccc(N2CCN(CCCNC(=O)[C@@H](C)N3C(=O)CCn4nc(C)cc43)CC2)cc1. The van der Waals surface area contributed by atoms with E-state index in [-0.39, 0.29) is 11.8 Å². The van der Waals surface area contributed by atoms with Crippen LogP contribution in [0.1, 0.15) is 25.5 Å². The number of amides is 2. The van der Waals surface area contributed by atoms with Gasteiger partial charge in [0.25, 0.3) is 0 Å². The smallest absolute Gasteiger partial charge is 0.242 e. The Bertz CT molecular complexity index is 965. The Morgan fingerprint density at radius 1 is 1.15 bits per heavy atom. The Morgan fingerprint density at radius 3 is 2.58 bits per heavy atom. The molecule has 1 aromatic heterocycles. The van der Waals surface area contributed by atoms with Crippen molar-refractivity contribution in [3.05, 3.63) is 36.0 Å². The van der Waals surface area contributed by atoms with E-state index in [9.17, 15) is 9.59 Å². The second-order valence-corrected chi connectivity index (χ2v) is 8.73. The molecule has 1 aromatic carbocycles. The number of aryl methyl sites for hydroxylation is 2. The summed E-state index contributed by atoms with van der Waals surface area (Å²) in [5.74, 6) is 1.43. The lowest BCUT2D eigenvalue weighted by Gasteiger charge is -2.36. The lowest BCUT2D eigenvalue weighted by Crippen LogP contribution is -2.51. The molecule has 0 aliphatic carbocycles. The van der Waals surface area contributed by atoms with Crippen LogP contribution in [0.2, 0.25) is 0 Å². The number of ether oxygens (including phenoxy) is 1. The maximum Gasteiger partial charge on any atom is 0.242 e. The topological polar surface area (TPSA) is 82.9 Å². The van der Waals surface area contributed by atoms with Crippen molar-refractivity contribution >= 4 is 23.3 Å². The van der Waals surface area contributed by atoms with Gasteiger partial charge in [-0.3, -0.25) is 19.4 Å². The highest BCUT2D eigenvalue weighted by atomic mass is 16.5. The summed E-state index contributed by atoms with van der Waals surface area (Å²) < 4.78 is 7.05. The van der Waals surface area contributed by atoms with Gasteiger partial charge in [0.2, 0.25) is 11.8 Å². The zero-order valence-corrected chi connectivity index (χ0v) is 19.8. The lowest BCUT2D eigenvalue weighted by molar-refractivity contribution is -0.126. The van der Waals surface area contributed by atoms with E-state index in [0.29, 0.717) is 25.3 Å². The zero-order valence-electron chi connectivity index (χ0n) is 19.8. The van der Waals surface area contributed by atoms with Crippen LogP contribution < -0.4 is 19.9 Å². The van der Waals surface area contributed by atoms with Crippen LogP contribution >= 0.6 is 0 Å². The summed E-state index contributed by atoms with van der Waals surface area (Å²) in [5.41, 5.74) is 2.07. The van der Waals surface area contributed by atoms with Gasteiger partial charge in [0.15, 0.2) is 0 Å². The molecule has 0 bridgehead atoms. The van der Waals surface area contributed by atoms with Gasteiger partial charge in [0.05, 0.1) is 19.3 Å². The number of carbonyl (C=O) groups excluding carboxylic acids is 2. The molecule has 2 amide bonds. The minimum absolute atomic E-state index is 0.0280. The maximum atomic E-state index is 12.7. The summed E-state index contributed by atoms with van der Waals surface area (Å²) in [5, 5.41) is 7.43. The molecule has 2 aliphatic heterocycles. The first-order valence-corrected chi connectivity index (χ1v) is 11.7. The number of nitrogens with one attached hydrogen (secondary N) is 1. The molecule has 9 nitrogen and oxygen atoms in total. The van der Waals surface area contributed by atoms with Crippen LogP contribution in [0.15, 0.2) is 30.3 Å². The third-order valence-corrected chi connectivity index (χ3v) is 6.46. The van der Waals surface area contributed by atoms with Crippen LogP contribution in [0, 0.1) is 6.92 Å². The fourth-order valence-electron chi connectivity index (χ4n) is 4.56. The van der Waals surface area contributed by atoms with Gasteiger partial charge in [-0.05, 0) is 51.1 Å². The molecule has 178 valence electrons. The largest absolute Gasteiger partial charge is 0.497 e. The minimum Gasteiger partial charge on any atom is -0.497 e. The van der Waals surface area contributed by atoms with Crippen molar-refractivity contribution in [1.82, 2.24) is 20.0 Å². The third-order valence-electron chi connectivity index (χ3n) is 6.46. The second kappa shape index (κ2) is 10.2. The number of nitrogens with zero attached hydrogens (tertiary/aromatic N) is 5. The minimum atomic E-state index is -0.555. The summed E-state index contributed by atoms with van der Waals surface area (Å²) in [6.45, 7) is 9.77. The molecule has 1 saturated heterocycles. The maximum absolute atomic E-state index is 12.7. The third kappa shape index (κ3) is 5.30. The average molecular weight is 455 g/mol. The number of aromatic nitrogens is 2. The van der Waals surface area contributed by atoms with E-state index in [1.54, 1.807) is 18.9 Å². The molecule has 0 radical (unpaired) electrons. The van der Waals surface area contributed by atoms with Crippen LogP contribution in [0.5, 0.6) is 5.75 Å². The van der Waals surface area contributed by atoms with E-state index < -0.39 is 6.04 Å². The molecule has 1 fully saturated rings. The predicted octanol–water partition coefficient (Wildman–Crippen LogP) is 1.65. The molecule has 4 rings (SSSR count). The van der Waals surface area contributed by atoms with Gasteiger partial charge in [-0.15, -0.1) is 0 Å². The quantitative estimate of drug-likeness (QED) is 0.611. The van der Waals surface area contributed by atoms with Crippen molar-refractivity contribution in [3.63, 3.8) is 0 Å². The fourth-order valence-corrected chi connectivity index (χ4v) is 4.56. The van der Waals surface area contributed by atoms with Crippen molar-refractivity contribution in [2.24, 2.45) is 0 Å². The summed E-state index contributed by atoms with van der Waals surface area (Å²) in [6, 6.07) is 9.52. The Morgan fingerprint density at radius 2 is 1.88 bits per heavy atom. The molecular formula is C24H34N6O3. The average Bonchev–Trinajstić information content (AvgIpc) is 3.22. The number of fused-ring (bicyclic) bond motifs is 1. The number of anilines is 2. The number of hydrogen-bond acceptors (Lipinski definition) is 6. The van der Waals surface area contributed by atoms with Gasteiger partial charge in [0, 0.05) is 50.9 Å². The molecule has 2 aliphatic rings. The van der Waals surface area contributed by atoms with Crippen LogP contribution in [-0.4, -0.2) is 78.9 Å². The molecule has 0 unspecified atom stereocenters. The molecule has 2 aromatic rings. The number of hydrogen-bond donors (Lipinski definition) is 1. The molecule has 0 spiro atoms. The second-order valence-electron chi connectivity index (χ2n) is 8.73. The van der Waals surface area contributed by atoms with Gasteiger partial charge < -0.3 is 15.0 Å². The monoisotopic (exact) mass is 454 g/mol. The van der Waals surface area contributed by atoms with E-state index >= 15 is 0 Å². The van der Waals surface area contributed by atoms with Crippen LogP contribution in [0.3, 0.4) is 0 Å². The van der Waals surface area contributed by atoms with E-state index in [1.165, 1.54) is 5.69 Å². The Kier molecular flexibility index (Phi) is 7.17. The van der Waals surface area contributed by atoms with Gasteiger partial charge in [-0.2, -0.15) is 5.10 Å². The van der Waals surface area contributed by atoms with Crippen molar-refractivity contribution in [2.75, 3.05) is 56.2 Å². The number of rotatable bonds is 8. The summed E-state index contributed by atoms with van der Waals surface area (Å²) in [6.07, 6.45) is 1.25. The van der Waals surface area contributed by atoms with E-state index in [2.05, 4.69) is 32.3 Å². The van der Waals surface area contributed by atoms with E-state index in [0.717, 1.165) is 50.6 Å². The summed E-state index contributed by atoms with van der Waals surface area (Å²) in [4.78, 5) is 31.6. The molecule has 1 atom stereocenters. The van der Waals surface area contributed by atoms with Crippen molar-refractivity contribution < 1.29 is 14.3 Å². The van der Waals surface area contributed by atoms with Gasteiger partial charge in [-0.25, -0.2) is 4.68 Å². The highest BCUT2D eigenvalue weighted by Gasteiger charge is 2.33. The Labute approximate surface area is 195 Å². The number of carbonyl (C=O) groups is 2. The molecule has 0 saturated carbocycles. The molecular weight excluding hydrogens is 420 g/mol. The van der Waals surface area contributed by atoms with Gasteiger partial charge in [-0.1, -0.05) is 0 Å². The Balaban J connectivity index is 1.19. The molecule has 9 heteroatoms. The fraction of sp³-hybridized carbons (Fsp3) is 0.542. The highest BCUT2D eigenvalue weighted by Crippen LogP contribution is 2.25. The van der Waals surface area contributed by atoms with Crippen LogP contribution in [0.25, 0.3) is 0 Å². The van der Waals surface area contributed by atoms with E-state index in [1.807, 2.05) is 29.8 Å². The molecule has 33 heavy (non-hydrogen) atoms. The van der Waals surface area contributed by atoms with Crippen molar-refractivity contribution in [3.8, 4) is 5.75 Å². The Hall–Kier alpha value is -3.07.